The van der Waals surface area contributed by atoms with E-state index in [0.717, 1.165) is 24.8 Å². The van der Waals surface area contributed by atoms with Crippen LogP contribution in [0.5, 0.6) is 0 Å². The van der Waals surface area contributed by atoms with Crippen molar-refractivity contribution in [3.05, 3.63) is 0 Å². The summed E-state index contributed by atoms with van der Waals surface area (Å²) >= 11 is 0. The van der Waals surface area contributed by atoms with E-state index in [1.807, 2.05) is 0 Å². The minimum absolute atomic E-state index is 0.0800. The zero-order chi connectivity index (χ0) is 15.3. The molecule has 4 rings (SSSR count). The van der Waals surface area contributed by atoms with E-state index < -0.39 is 0 Å². The second-order valence-electron chi connectivity index (χ2n) is 8.86. The first-order valence-electron chi connectivity index (χ1n) is 9.43. The van der Waals surface area contributed by atoms with Gasteiger partial charge in [-0.05, 0) is 69.9 Å². The van der Waals surface area contributed by atoms with E-state index in [9.17, 15) is 4.79 Å². The molecule has 1 aliphatic heterocycles. The van der Waals surface area contributed by atoms with Crippen LogP contribution >= 0.6 is 0 Å². The quantitative estimate of drug-likeness (QED) is 0.728. The highest BCUT2D eigenvalue weighted by molar-refractivity contribution is 5.75. The summed E-state index contributed by atoms with van der Waals surface area (Å²) < 4.78 is 5.87. The Morgan fingerprint density at radius 2 is 1.91 bits per heavy atom. The van der Waals surface area contributed by atoms with Crippen molar-refractivity contribution in [1.29, 1.82) is 0 Å². The summed E-state index contributed by atoms with van der Waals surface area (Å²) in [6.45, 7) is 0.861. The summed E-state index contributed by atoms with van der Waals surface area (Å²) in [6, 6.07) is 0. The van der Waals surface area contributed by atoms with E-state index in [1.54, 1.807) is 0 Å². The van der Waals surface area contributed by atoms with Crippen molar-refractivity contribution in [3.8, 4) is 0 Å². The second kappa shape index (κ2) is 5.51. The fourth-order valence-corrected chi connectivity index (χ4v) is 5.25. The number of esters is 1. The van der Waals surface area contributed by atoms with Crippen molar-refractivity contribution in [1.82, 2.24) is 4.90 Å². The first kappa shape index (κ1) is 15.0. The summed E-state index contributed by atoms with van der Waals surface area (Å²) in [6.07, 6.45) is 12.6. The van der Waals surface area contributed by atoms with Gasteiger partial charge in [0.1, 0.15) is 6.10 Å². The van der Waals surface area contributed by atoms with Gasteiger partial charge in [0.05, 0.1) is 5.92 Å². The summed E-state index contributed by atoms with van der Waals surface area (Å²) in [5.41, 5.74) is 0.647. The van der Waals surface area contributed by atoms with Crippen LogP contribution in [0.15, 0.2) is 0 Å². The number of carbonyl (C=O) groups excluding carboxylic acids is 1. The van der Waals surface area contributed by atoms with Gasteiger partial charge in [0.25, 0.3) is 0 Å². The SMILES string of the molecule is CN(C)CC1C(=O)OC2CC(CCC3CC3)C3(CCC21)CC3. The highest BCUT2D eigenvalue weighted by Crippen LogP contribution is 2.62. The number of fused-ring (bicyclic) bond motifs is 1. The van der Waals surface area contributed by atoms with E-state index in [0.29, 0.717) is 11.3 Å². The molecule has 0 amide bonds. The van der Waals surface area contributed by atoms with E-state index in [2.05, 4.69) is 19.0 Å². The van der Waals surface area contributed by atoms with Gasteiger partial charge in [-0.15, -0.1) is 0 Å². The minimum atomic E-state index is 0.0800. The molecule has 3 heteroatoms. The normalized spacial score (nSPS) is 39.7. The number of nitrogens with zero attached hydrogens (tertiary/aromatic N) is 1. The summed E-state index contributed by atoms with van der Waals surface area (Å²) in [7, 11) is 4.14. The van der Waals surface area contributed by atoms with Crippen LogP contribution in [0.1, 0.15) is 57.8 Å². The van der Waals surface area contributed by atoms with Crippen molar-refractivity contribution in [3.63, 3.8) is 0 Å². The molecule has 22 heavy (non-hydrogen) atoms. The van der Waals surface area contributed by atoms with E-state index in [1.165, 1.54) is 51.4 Å². The first-order valence-corrected chi connectivity index (χ1v) is 9.43. The zero-order valence-corrected chi connectivity index (χ0v) is 14.2. The average Bonchev–Trinajstić information content (AvgIpc) is 3.35. The van der Waals surface area contributed by atoms with Crippen LogP contribution < -0.4 is 0 Å². The van der Waals surface area contributed by atoms with Gasteiger partial charge in [-0.1, -0.05) is 19.3 Å². The maximum atomic E-state index is 12.3. The topological polar surface area (TPSA) is 29.5 Å². The molecule has 0 aromatic rings. The van der Waals surface area contributed by atoms with Crippen LogP contribution in [0.2, 0.25) is 0 Å². The molecule has 0 bridgehead atoms. The Kier molecular flexibility index (Phi) is 3.75. The molecule has 0 aromatic carbocycles. The lowest BCUT2D eigenvalue weighted by atomic mass is 9.81. The molecular formula is C19H31NO2. The molecule has 3 aliphatic carbocycles. The lowest BCUT2D eigenvalue weighted by molar-refractivity contribution is -0.145. The van der Waals surface area contributed by atoms with Gasteiger partial charge in [-0.3, -0.25) is 4.79 Å². The molecule has 0 radical (unpaired) electrons. The molecule has 3 saturated carbocycles. The van der Waals surface area contributed by atoms with Crippen molar-refractivity contribution in [2.75, 3.05) is 20.6 Å². The fourth-order valence-electron chi connectivity index (χ4n) is 5.25. The number of rotatable bonds is 5. The van der Waals surface area contributed by atoms with Crippen LogP contribution in [-0.2, 0) is 9.53 Å². The molecule has 4 atom stereocenters. The van der Waals surface area contributed by atoms with Gasteiger partial charge in [-0.2, -0.15) is 0 Å². The van der Waals surface area contributed by atoms with Gasteiger partial charge in [0.2, 0.25) is 0 Å². The summed E-state index contributed by atoms with van der Waals surface area (Å²) in [4.78, 5) is 14.4. The van der Waals surface area contributed by atoms with Crippen molar-refractivity contribution < 1.29 is 9.53 Å². The Morgan fingerprint density at radius 3 is 2.55 bits per heavy atom. The molecule has 1 spiro atoms. The molecule has 1 saturated heterocycles. The molecule has 0 aromatic heterocycles. The molecule has 4 aliphatic rings. The molecule has 3 nitrogen and oxygen atoms in total. The largest absolute Gasteiger partial charge is 0.462 e. The molecule has 0 N–H and O–H groups in total. The molecule has 4 fully saturated rings. The highest BCUT2D eigenvalue weighted by Gasteiger charge is 2.55. The fraction of sp³-hybridized carbons (Fsp3) is 0.947. The Bertz CT molecular complexity index is 439. The third-order valence-electron chi connectivity index (χ3n) is 7.00. The van der Waals surface area contributed by atoms with Gasteiger partial charge in [-0.25, -0.2) is 0 Å². The van der Waals surface area contributed by atoms with Crippen molar-refractivity contribution >= 4 is 5.97 Å². The predicted molar refractivity (Wildman–Crippen MR) is 86.4 cm³/mol. The van der Waals surface area contributed by atoms with Crippen LogP contribution in [-0.4, -0.2) is 37.6 Å². The Hall–Kier alpha value is -0.570. The molecule has 1 heterocycles. The predicted octanol–water partition coefficient (Wildman–Crippen LogP) is 3.48. The zero-order valence-electron chi connectivity index (χ0n) is 14.2. The number of hydrogen-bond acceptors (Lipinski definition) is 3. The molecule has 124 valence electrons. The lowest BCUT2D eigenvalue weighted by Gasteiger charge is -2.26. The standard InChI is InChI=1S/C19H31NO2/c1-20(2)12-16-15-7-8-19(9-10-19)14(6-5-13-3-4-13)11-17(15)22-18(16)21/h13-17H,3-12H2,1-2H3. The van der Waals surface area contributed by atoms with Crippen molar-refractivity contribution in [2.24, 2.45) is 29.1 Å². The summed E-state index contributed by atoms with van der Waals surface area (Å²) in [5, 5.41) is 0. The third-order valence-corrected chi connectivity index (χ3v) is 7.00. The van der Waals surface area contributed by atoms with Gasteiger partial charge < -0.3 is 9.64 Å². The number of carbonyl (C=O) groups is 1. The lowest BCUT2D eigenvalue weighted by Crippen LogP contribution is -2.30. The minimum Gasteiger partial charge on any atom is -0.462 e. The Labute approximate surface area is 134 Å². The monoisotopic (exact) mass is 305 g/mol. The Balaban J connectivity index is 1.46. The van der Waals surface area contributed by atoms with E-state index in [4.69, 9.17) is 4.74 Å². The Morgan fingerprint density at radius 1 is 1.14 bits per heavy atom. The van der Waals surface area contributed by atoms with Crippen LogP contribution in [0, 0.1) is 29.1 Å². The molecular weight excluding hydrogens is 274 g/mol. The summed E-state index contributed by atoms with van der Waals surface area (Å²) in [5.74, 6) is 2.55. The second-order valence-corrected chi connectivity index (χ2v) is 8.86. The van der Waals surface area contributed by atoms with Gasteiger partial charge in [0.15, 0.2) is 0 Å². The highest BCUT2D eigenvalue weighted by atomic mass is 16.6. The van der Waals surface area contributed by atoms with Gasteiger partial charge >= 0.3 is 5.97 Å². The van der Waals surface area contributed by atoms with Crippen LogP contribution in [0.3, 0.4) is 0 Å². The third kappa shape index (κ3) is 2.81. The molecule has 4 unspecified atom stereocenters. The van der Waals surface area contributed by atoms with Gasteiger partial charge in [0, 0.05) is 12.5 Å². The first-order chi connectivity index (χ1) is 10.6. The van der Waals surface area contributed by atoms with E-state index in [-0.39, 0.29) is 18.0 Å². The van der Waals surface area contributed by atoms with Crippen LogP contribution in [0.4, 0.5) is 0 Å². The smallest absolute Gasteiger partial charge is 0.310 e. The number of hydrogen-bond donors (Lipinski definition) is 0. The van der Waals surface area contributed by atoms with E-state index >= 15 is 0 Å². The average molecular weight is 305 g/mol. The number of ether oxygens (including phenoxy) is 1. The van der Waals surface area contributed by atoms with Crippen molar-refractivity contribution in [2.45, 2.75) is 63.9 Å². The van der Waals surface area contributed by atoms with Crippen LogP contribution in [0.25, 0.3) is 0 Å². The maximum Gasteiger partial charge on any atom is 0.310 e. The maximum absolute atomic E-state index is 12.3.